The molecule has 2 heterocycles. The largest absolute Gasteiger partial charge is 0.476 e. The number of ketones is 1. The van der Waals surface area contributed by atoms with Crippen LogP contribution < -0.4 is 4.72 Å². The molecule has 0 unspecified atom stereocenters. The highest BCUT2D eigenvalue weighted by molar-refractivity contribution is 7.93. The van der Waals surface area contributed by atoms with Gasteiger partial charge in [-0.05, 0) is 6.92 Å². The molecular weight excluding hydrogens is 320 g/mol. The molecule has 0 saturated carbocycles. The first-order valence-corrected chi connectivity index (χ1v) is 7.86. The summed E-state index contributed by atoms with van der Waals surface area (Å²) in [7, 11) is -4.18. The van der Waals surface area contributed by atoms with Crippen molar-refractivity contribution in [2.75, 3.05) is 4.72 Å². The number of aromatic nitrogens is 3. The summed E-state index contributed by atoms with van der Waals surface area (Å²) in [6.07, 6.45) is 0. The minimum absolute atomic E-state index is 0.0304. The minimum Gasteiger partial charge on any atom is -0.476 e. The lowest BCUT2D eigenvalue weighted by atomic mass is 10.4. The van der Waals surface area contributed by atoms with Crippen molar-refractivity contribution >= 4 is 38.2 Å². The minimum atomic E-state index is -4.18. The van der Waals surface area contributed by atoms with Crippen LogP contribution in [0, 0.1) is 6.92 Å². The maximum absolute atomic E-state index is 12.2. The van der Waals surface area contributed by atoms with E-state index in [1.165, 1.54) is 19.2 Å². The van der Waals surface area contributed by atoms with Crippen molar-refractivity contribution < 1.29 is 23.1 Å². The molecule has 0 atom stereocenters. The predicted molar refractivity (Wildman–Crippen MR) is 73.2 cm³/mol. The second-order valence-electron chi connectivity index (χ2n) is 4.03. The number of carbonyl (C=O) groups is 2. The van der Waals surface area contributed by atoms with Gasteiger partial charge in [0.15, 0.2) is 16.6 Å². The van der Waals surface area contributed by atoms with Crippen molar-refractivity contribution in [2.24, 2.45) is 0 Å². The Bertz CT molecular complexity index is 820. The van der Waals surface area contributed by atoms with E-state index < -0.39 is 26.6 Å². The van der Waals surface area contributed by atoms with E-state index in [0.717, 1.165) is 11.3 Å². The van der Waals surface area contributed by atoms with Gasteiger partial charge in [0.05, 0.1) is 5.69 Å². The molecule has 0 aliphatic heterocycles. The summed E-state index contributed by atoms with van der Waals surface area (Å²) >= 11 is 0.922. The Hall–Kier alpha value is -2.27. The lowest BCUT2D eigenvalue weighted by Crippen LogP contribution is -2.17. The summed E-state index contributed by atoms with van der Waals surface area (Å²) in [6.45, 7) is 2.69. The van der Waals surface area contributed by atoms with Crippen LogP contribution in [0.4, 0.5) is 5.13 Å². The molecule has 0 radical (unpaired) electrons. The van der Waals surface area contributed by atoms with E-state index in [9.17, 15) is 18.0 Å². The van der Waals surface area contributed by atoms with Gasteiger partial charge >= 0.3 is 5.97 Å². The number of aromatic carboxylic acids is 1. The molecule has 3 N–H and O–H groups in total. The van der Waals surface area contributed by atoms with Gasteiger partial charge in [-0.2, -0.15) is 5.10 Å². The number of carboxylic acids is 1. The quantitative estimate of drug-likeness (QED) is 0.690. The highest BCUT2D eigenvalue weighted by atomic mass is 32.2. The Morgan fingerprint density at radius 1 is 1.43 bits per heavy atom. The normalized spacial score (nSPS) is 11.3. The molecule has 0 amide bonds. The van der Waals surface area contributed by atoms with E-state index in [-0.39, 0.29) is 22.3 Å². The summed E-state index contributed by atoms with van der Waals surface area (Å²) in [4.78, 5) is 25.5. The number of carboxylic acid groups (broad SMARTS) is 1. The van der Waals surface area contributed by atoms with Crippen molar-refractivity contribution in [3.05, 3.63) is 22.5 Å². The Morgan fingerprint density at radius 2 is 2.10 bits per heavy atom. The number of anilines is 1. The van der Waals surface area contributed by atoms with Crippen LogP contribution >= 0.6 is 11.3 Å². The number of nitrogens with zero attached hydrogens (tertiary/aromatic N) is 2. The van der Waals surface area contributed by atoms with Gasteiger partial charge in [0, 0.05) is 12.3 Å². The number of hydrogen-bond donors (Lipinski definition) is 3. The van der Waals surface area contributed by atoms with Gasteiger partial charge in [-0.3, -0.25) is 14.6 Å². The topological polar surface area (TPSA) is 142 Å². The smallest absolute Gasteiger partial charge is 0.357 e. The van der Waals surface area contributed by atoms with E-state index >= 15 is 0 Å². The molecule has 0 fully saturated rings. The fourth-order valence-electron chi connectivity index (χ4n) is 1.54. The van der Waals surface area contributed by atoms with Crippen LogP contribution in [0.25, 0.3) is 0 Å². The number of carbonyl (C=O) groups excluding carboxylic acids is 1. The SMILES string of the molecule is CC(=O)c1csc(NS(=O)(=O)c2c(C(=O)O)n[nH]c2C)n1. The number of hydrogen-bond acceptors (Lipinski definition) is 7. The number of rotatable bonds is 5. The summed E-state index contributed by atoms with van der Waals surface area (Å²) in [6, 6.07) is 0. The number of thiazole rings is 1. The number of Topliss-reactive ketones (excluding diaryl/α,β-unsaturated/α-hetero) is 1. The zero-order chi connectivity index (χ0) is 15.8. The van der Waals surface area contributed by atoms with Crippen molar-refractivity contribution in [1.82, 2.24) is 15.2 Å². The summed E-state index contributed by atoms with van der Waals surface area (Å²) in [5.41, 5.74) is -0.397. The lowest BCUT2D eigenvalue weighted by Gasteiger charge is -2.04. The highest BCUT2D eigenvalue weighted by Crippen LogP contribution is 2.23. The number of sulfonamides is 1. The van der Waals surface area contributed by atoms with Gasteiger partial charge in [-0.1, -0.05) is 0 Å². The van der Waals surface area contributed by atoms with E-state index in [1.807, 2.05) is 0 Å². The maximum Gasteiger partial charge on any atom is 0.357 e. The van der Waals surface area contributed by atoms with Crippen LogP contribution in [0.3, 0.4) is 0 Å². The van der Waals surface area contributed by atoms with Crippen molar-refractivity contribution in [2.45, 2.75) is 18.7 Å². The monoisotopic (exact) mass is 330 g/mol. The summed E-state index contributed by atoms with van der Waals surface area (Å²) in [5.74, 6) is -1.77. The van der Waals surface area contributed by atoms with Gasteiger partial charge in [-0.15, -0.1) is 11.3 Å². The van der Waals surface area contributed by atoms with E-state index in [1.54, 1.807) is 0 Å². The molecule has 2 aromatic heterocycles. The molecule has 112 valence electrons. The van der Waals surface area contributed by atoms with Crippen LogP contribution in [-0.4, -0.2) is 40.5 Å². The molecule has 2 rings (SSSR count). The van der Waals surface area contributed by atoms with Crippen LogP contribution in [0.1, 0.15) is 33.6 Å². The molecule has 0 saturated heterocycles. The van der Waals surface area contributed by atoms with Crippen molar-refractivity contribution in [1.29, 1.82) is 0 Å². The first kappa shape index (κ1) is 15.1. The Kier molecular flexibility index (Phi) is 3.78. The zero-order valence-corrected chi connectivity index (χ0v) is 12.5. The number of aryl methyl sites for hydroxylation is 1. The summed E-state index contributed by atoms with van der Waals surface area (Å²) in [5, 5.41) is 16.1. The molecular formula is C10H10N4O5S2. The molecule has 9 nitrogen and oxygen atoms in total. The predicted octanol–water partition coefficient (Wildman–Crippen LogP) is 0.876. The highest BCUT2D eigenvalue weighted by Gasteiger charge is 2.29. The average Bonchev–Trinajstić information content (AvgIpc) is 2.95. The second-order valence-corrected chi connectivity index (χ2v) is 6.51. The molecule has 0 aromatic carbocycles. The van der Waals surface area contributed by atoms with Gasteiger partial charge in [0.1, 0.15) is 10.6 Å². The van der Waals surface area contributed by atoms with E-state index in [2.05, 4.69) is 19.9 Å². The molecule has 0 spiro atoms. The van der Waals surface area contributed by atoms with Gasteiger partial charge in [0.25, 0.3) is 10.0 Å². The van der Waals surface area contributed by atoms with Crippen LogP contribution in [-0.2, 0) is 10.0 Å². The maximum atomic E-state index is 12.2. The average molecular weight is 330 g/mol. The Balaban J connectivity index is 2.41. The number of aromatic amines is 1. The fraction of sp³-hybridized carbons (Fsp3) is 0.200. The van der Waals surface area contributed by atoms with Crippen molar-refractivity contribution in [3.8, 4) is 0 Å². The van der Waals surface area contributed by atoms with Gasteiger partial charge in [0.2, 0.25) is 0 Å². The third kappa shape index (κ3) is 2.92. The van der Waals surface area contributed by atoms with E-state index in [0.29, 0.717) is 0 Å². The first-order chi connectivity index (χ1) is 9.72. The molecule has 0 bridgehead atoms. The molecule has 0 aliphatic rings. The van der Waals surface area contributed by atoms with Crippen LogP contribution in [0.2, 0.25) is 0 Å². The lowest BCUT2D eigenvalue weighted by molar-refractivity contribution is 0.0686. The molecule has 2 aromatic rings. The Labute approximate surface area is 123 Å². The molecule has 11 heteroatoms. The van der Waals surface area contributed by atoms with Gasteiger partial charge in [-0.25, -0.2) is 18.2 Å². The second kappa shape index (κ2) is 5.26. The van der Waals surface area contributed by atoms with E-state index in [4.69, 9.17) is 5.11 Å². The van der Waals surface area contributed by atoms with Gasteiger partial charge < -0.3 is 5.11 Å². The van der Waals surface area contributed by atoms with Crippen LogP contribution in [0.15, 0.2) is 10.3 Å². The fourth-order valence-corrected chi connectivity index (χ4v) is 3.87. The molecule has 21 heavy (non-hydrogen) atoms. The number of nitrogens with one attached hydrogen (secondary N) is 2. The first-order valence-electron chi connectivity index (χ1n) is 5.50. The number of H-pyrrole nitrogens is 1. The van der Waals surface area contributed by atoms with Crippen molar-refractivity contribution in [3.63, 3.8) is 0 Å². The standard InChI is InChI=1S/C10H10N4O5S2/c1-4-8(7(9(16)17)13-12-4)21(18,19)14-10-11-6(3-20-10)5(2)15/h3H,1-2H3,(H,11,14)(H,12,13)(H,16,17). The third-order valence-electron chi connectivity index (χ3n) is 2.45. The summed E-state index contributed by atoms with van der Waals surface area (Å²) < 4.78 is 26.6. The molecule has 0 aliphatic carbocycles. The zero-order valence-electron chi connectivity index (χ0n) is 10.9. The van der Waals surface area contributed by atoms with Crippen LogP contribution in [0.5, 0.6) is 0 Å². The Morgan fingerprint density at radius 3 is 2.62 bits per heavy atom. The third-order valence-corrected chi connectivity index (χ3v) is 4.83.